The van der Waals surface area contributed by atoms with Crippen LogP contribution in [0.3, 0.4) is 0 Å². The first-order valence-corrected chi connectivity index (χ1v) is 45.2. The van der Waals surface area contributed by atoms with E-state index >= 15 is 0 Å². The number of benzene rings is 1. The van der Waals surface area contributed by atoms with Crippen molar-refractivity contribution in [3.63, 3.8) is 0 Å². The highest BCUT2D eigenvalue weighted by Gasteiger charge is 2.43. The Morgan fingerprint density at radius 1 is 0.734 bits per heavy atom. The monoisotopic (exact) mass is 1760 g/mol. The molecule has 12 heterocycles. The van der Waals surface area contributed by atoms with Crippen LogP contribution in [-0.4, -0.2) is 267 Å². The summed E-state index contributed by atoms with van der Waals surface area (Å²) in [5, 5.41) is 31.0. The van der Waals surface area contributed by atoms with Crippen LogP contribution in [-0.2, 0) is 83.3 Å². The third-order valence-electron chi connectivity index (χ3n) is 26.2. The highest BCUT2D eigenvalue weighted by atomic mass is 16.6. The molecule has 6 N–H and O–H groups in total. The number of amides is 4. The number of carbonyl (C=O) groups excluding carboxylic acids is 8. The molecule has 1 aromatic carbocycles. The number of esters is 1. The van der Waals surface area contributed by atoms with E-state index in [1.54, 1.807) is 62.9 Å². The molecule has 6 aliphatic heterocycles. The third kappa shape index (κ3) is 23.7. The smallest absolute Gasteiger partial charge is 0.407 e. The largest absolute Gasteiger partial charge is 0.480 e. The number of nitrogen functional groups attached to an aromatic ring is 1. The van der Waals surface area contributed by atoms with Gasteiger partial charge >= 0.3 is 18.0 Å². The van der Waals surface area contributed by atoms with E-state index in [9.17, 15) is 53.4 Å². The molecule has 2 unspecified atom stereocenters. The molecule has 1 aliphatic carbocycles. The van der Waals surface area contributed by atoms with Gasteiger partial charge in [-0.2, -0.15) is 5.10 Å². The summed E-state index contributed by atoms with van der Waals surface area (Å²) in [5.74, 6) is -3.83. The van der Waals surface area contributed by atoms with Gasteiger partial charge in [-0.05, 0) is 156 Å². The number of aliphatic hydroxyl groups is 1. The van der Waals surface area contributed by atoms with Crippen molar-refractivity contribution in [1.29, 1.82) is 0 Å². The number of hydrogen-bond donors (Lipinski definition) is 5. The van der Waals surface area contributed by atoms with Crippen LogP contribution in [0, 0.1) is 23.7 Å². The number of carbonyl (C=O) groups is 9. The summed E-state index contributed by atoms with van der Waals surface area (Å²) in [6, 6.07) is 8.06. The minimum atomic E-state index is -1.16. The number of anilines is 3. The number of aliphatic hydroxyl groups excluding tert-OH is 1. The number of fused-ring (bicyclic) bond motifs is 6. The highest BCUT2D eigenvalue weighted by Crippen LogP contribution is 2.36. The summed E-state index contributed by atoms with van der Waals surface area (Å²) in [6.45, 7) is 15.2. The van der Waals surface area contributed by atoms with Crippen molar-refractivity contribution >= 4 is 92.9 Å². The van der Waals surface area contributed by atoms with Crippen LogP contribution in [0.5, 0.6) is 0 Å². The van der Waals surface area contributed by atoms with Crippen molar-refractivity contribution in [3.8, 4) is 11.3 Å². The Morgan fingerprint density at radius 2 is 1.51 bits per heavy atom. The Labute approximate surface area is 744 Å². The fraction of sp³-hybridized carbons (Fsp3) is 0.543. The summed E-state index contributed by atoms with van der Waals surface area (Å²) in [6.07, 6.45) is 26.2. The van der Waals surface area contributed by atoms with E-state index in [0.29, 0.717) is 181 Å². The Bertz CT molecular complexity index is 5230. The van der Waals surface area contributed by atoms with Crippen LogP contribution >= 0.6 is 0 Å². The lowest BCUT2D eigenvalue weighted by Gasteiger charge is -2.39. The van der Waals surface area contributed by atoms with E-state index in [1.807, 2.05) is 79.1 Å². The second-order valence-electron chi connectivity index (χ2n) is 35.3. The van der Waals surface area contributed by atoms with E-state index in [2.05, 4.69) is 73.2 Å². The number of ether oxygens (including phenoxy) is 5. The van der Waals surface area contributed by atoms with Crippen molar-refractivity contribution in [1.82, 2.24) is 74.6 Å². The van der Waals surface area contributed by atoms with Crippen LogP contribution in [0.25, 0.3) is 33.3 Å². The molecule has 10 atom stereocenters. The van der Waals surface area contributed by atoms with Gasteiger partial charge in [-0.1, -0.05) is 75.4 Å². The molecular weight excluding hydrogens is 1640 g/mol. The molecule has 5 fully saturated rings. The van der Waals surface area contributed by atoms with Crippen molar-refractivity contribution in [3.05, 3.63) is 149 Å². The van der Waals surface area contributed by atoms with E-state index in [4.69, 9.17) is 34.5 Å². The molecule has 6 aromatic heterocycles. The lowest BCUT2D eigenvalue weighted by molar-refractivity contribution is -0.167. The average Bonchev–Trinajstić information content (AvgIpc) is 1.61. The van der Waals surface area contributed by atoms with Crippen LogP contribution < -0.4 is 20.9 Å². The van der Waals surface area contributed by atoms with Crippen molar-refractivity contribution in [2.75, 3.05) is 101 Å². The number of Topliss-reactive ketones (excluding diaryl/α,β-unsaturated/α-hetero) is 3. The molecule has 1 saturated carbocycles. The quantitative estimate of drug-likeness (QED) is 0.0205. The molecular formula is C94H120N18O16. The van der Waals surface area contributed by atoms with Gasteiger partial charge in [0.15, 0.2) is 5.65 Å². The predicted octanol–water partition coefficient (Wildman–Crippen LogP) is 9.48. The normalized spacial score (nSPS) is 26.4. The molecule has 128 heavy (non-hydrogen) atoms. The number of alkyl carbamates (subject to hydrolysis) is 1. The lowest BCUT2D eigenvalue weighted by Crippen LogP contribution is -2.58. The summed E-state index contributed by atoms with van der Waals surface area (Å²) in [5.41, 5.74) is 15.0. The van der Waals surface area contributed by atoms with Crippen LogP contribution in [0.2, 0.25) is 0 Å². The number of aromatic amines is 1. The maximum absolute atomic E-state index is 14.5. The molecule has 34 nitrogen and oxygen atoms in total. The van der Waals surface area contributed by atoms with Gasteiger partial charge in [-0.3, -0.25) is 33.7 Å². The summed E-state index contributed by atoms with van der Waals surface area (Å²) < 4.78 is 32.2. The zero-order valence-electron chi connectivity index (χ0n) is 74.1. The van der Waals surface area contributed by atoms with Gasteiger partial charge in [0.2, 0.25) is 23.6 Å². The average molecular weight is 1760 g/mol. The number of nitrogens with one attached hydrogen (secondary N) is 2. The number of carboxylic acid groups (broad SMARTS) is 1. The molecule has 0 spiro atoms. The molecule has 4 amide bonds. The van der Waals surface area contributed by atoms with Gasteiger partial charge in [0.05, 0.1) is 62.0 Å². The topological polar surface area (TPSA) is 422 Å². The Kier molecular flexibility index (Phi) is 31.4. The Morgan fingerprint density at radius 3 is 2.29 bits per heavy atom. The molecule has 682 valence electrons. The molecule has 0 radical (unpaired) electrons. The predicted molar refractivity (Wildman–Crippen MR) is 476 cm³/mol. The minimum Gasteiger partial charge on any atom is -0.480 e. The zero-order chi connectivity index (χ0) is 90.1. The number of aliphatic carboxylic acids is 1. The van der Waals surface area contributed by atoms with Gasteiger partial charge in [0, 0.05) is 164 Å². The molecule has 4 saturated heterocycles. The number of piperazine rings is 2. The molecule has 2 bridgehead atoms. The summed E-state index contributed by atoms with van der Waals surface area (Å²) in [4.78, 5) is 169. The fourth-order valence-corrected chi connectivity index (χ4v) is 18.5. The first-order chi connectivity index (χ1) is 61.9. The number of methoxy groups -OCH3 is 1. The second kappa shape index (κ2) is 43.5. The number of hydrogen-bond acceptors (Lipinski definition) is 27. The van der Waals surface area contributed by atoms with Crippen molar-refractivity contribution in [2.45, 2.75) is 219 Å². The molecule has 7 aliphatic rings. The third-order valence-corrected chi connectivity index (χ3v) is 26.2. The van der Waals surface area contributed by atoms with Gasteiger partial charge < -0.3 is 74.4 Å². The number of nitrogens with zero attached hydrogens (tertiary/aromatic N) is 15. The zero-order valence-corrected chi connectivity index (χ0v) is 74.1. The highest BCUT2D eigenvalue weighted by molar-refractivity contribution is 6.38. The van der Waals surface area contributed by atoms with Gasteiger partial charge in [-0.25, -0.2) is 54.0 Å². The Balaban J connectivity index is 0.488. The maximum Gasteiger partial charge on any atom is 0.407 e. The number of ketones is 3. The van der Waals surface area contributed by atoms with Gasteiger partial charge in [0.25, 0.3) is 11.8 Å². The Hall–Kier alpha value is -11.6. The van der Waals surface area contributed by atoms with Crippen molar-refractivity contribution < 1.29 is 77.0 Å². The first kappa shape index (κ1) is 92.6. The lowest BCUT2D eigenvalue weighted by atomic mass is 9.83. The number of rotatable bonds is 20. The van der Waals surface area contributed by atoms with Crippen LogP contribution in [0.4, 0.5) is 22.5 Å². The standard InChI is InChI=1S/C94H120N18O16/c1-58-13-8-7-9-14-59(2)80(124-6)46-72-15-12-17-79(126-72)84(117)89(119)111-30-11-10-16-74(111)91(122)127-73(45-76(113)61(4)42-62(5)78(115)47-77(114)60(3)41-58)25-21-63-19-23-71(24-20-63)128-94(123)102-50-65-48-98-93(99-49-65)109-36-37-110(75(56-109)90(120)121)81(116)28-39-125-40-38-106-32-34-107(35-33-106)92-100-52-70(53-101-92)88(118)108-31-27-66-43-64(18-22-68(66)55-108)54-112-87-82(85(95)103-57-104-87)83(105-112)69-44-67-26-29-96-86(67)97-51-69/h7-9,13-14,18,22,26,29,42-44,48-49,51-53,57-58,60-61,63,71-75,78-80,115H,10-12,15-17,19-21,23-25,27-28,30-41,45-47,50,54-56H2,1-6H3,(H,96,97)(H,102,123)(H,120,121)(H2,95,103,104)/b9-7+,13-8+,59-14+,62-42+/t58-,60-,61-,63-,71-,72?,73-,74+,75-,78+,79?,80+/m1/s1. The number of pyridine rings is 1. The van der Waals surface area contributed by atoms with E-state index in [1.165, 1.54) is 16.1 Å². The van der Waals surface area contributed by atoms with E-state index < -0.39 is 66.0 Å². The molecule has 34 heteroatoms. The number of aromatic nitrogens is 10. The van der Waals surface area contributed by atoms with Crippen LogP contribution in [0.1, 0.15) is 176 Å². The second-order valence-corrected chi connectivity index (χ2v) is 35.3. The molecule has 14 rings (SSSR count). The number of carboxylic acids is 1. The van der Waals surface area contributed by atoms with Crippen molar-refractivity contribution in [2.24, 2.45) is 23.7 Å². The SMILES string of the molecule is CO[C@H]1CC2CCCC(O2)C(=O)C(=O)N2CCCC[C@H]2C(=O)O[C@H](CC[C@H]2CC[C@H](OC(=O)NCc3cnc(N4CCN(C(=O)CCOCCN5CCN(c6ncc(C(=O)N7CCc8cc(Cn9nc(-c%10cnc%11[nH]ccc%11c%10)c%10c(N)ncnc%109)ccc8C7)cn6)CC5)[C@@H](C(=O)O)C4)nc3)CC2)CC(=O)[C@H](C)/C=C(\C)[C@@H](O)CC(=O)[C@H](C)C[C@H](C)/C=C/C=C/C=C/1C. The van der Waals surface area contributed by atoms with E-state index in [0.717, 1.165) is 51.9 Å². The summed E-state index contributed by atoms with van der Waals surface area (Å²) in [7, 11) is 1.63. The van der Waals surface area contributed by atoms with Gasteiger partial charge in [0.1, 0.15) is 65.4 Å². The first-order valence-electron chi connectivity index (χ1n) is 45.2. The molecule has 7 aromatic rings. The number of H-pyrrole nitrogens is 1. The number of piperidine rings is 1. The van der Waals surface area contributed by atoms with Crippen LogP contribution in [0.15, 0.2) is 121 Å². The number of cyclic esters (lactones) is 1. The number of allylic oxidation sites excluding steroid dienone is 6. The minimum absolute atomic E-state index is 0.00296. The summed E-state index contributed by atoms with van der Waals surface area (Å²) >= 11 is 0. The van der Waals surface area contributed by atoms with E-state index in [-0.39, 0.29) is 130 Å². The maximum atomic E-state index is 14.5. The number of nitrogens with two attached hydrogens (primary N) is 1. The fourth-order valence-electron chi connectivity index (χ4n) is 18.5. The van der Waals surface area contributed by atoms with Gasteiger partial charge in [-0.15, -0.1) is 0 Å².